The lowest BCUT2D eigenvalue weighted by Gasteiger charge is -2.01. The fourth-order valence-electron chi connectivity index (χ4n) is 2.49. The fourth-order valence-corrected chi connectivity index (χ4v) is 3.65. The van der Waals surface area contributed by atoms with Gasteiger partial charge in [-0.15, -0.1) is 11.3 Å². The standard InChI is InChI=1S/C17H12N2S/c1-11-12-6-2-5-9-16(12)20-17(11)15-10-18-13-7-3-4-8-14(13)19-15/h2-10H,1H3. The van der Waals surface area contributed by atoms with Gasteiger partial charge in [0.05, 0.1) is 27.8 Å². The van der Waals surface area contributed by atoms with E-state index in [9.17, 15) is 0 Å². The fraction of sp³-hybridized carbons (Fsp3) is 0.0588. The Morgan fingerprint density at radius 2 is 1.65 bits per heavy atom. The van der Waals surface area contributed by atoms with Gasteiger partial charge in [-0.1, -0.05) is 30.3 Å². The number of rotatable bonds is 1. The third kappa shape index (κ3) is 1.71. The van der Waals surface area contributed by atoms with Crippen LogP contribution in [0, 0.1) is 6.92 Å². The van der Waals surface area contributed by atoms with Crippen LogP contribution in [-0.4, -0.2) is 9.97 Å². The van der Waals surface area contributed by atoms with Crippen molar-refractivity contribution in [3.63, 3.8) is 0 Å². The third-order valence-electron chi connectivity index (χ3n) is 3.52. The van der Waals surface area contributed by atoms with Crippen LogP contribution in [0.3, 0.4) is 0 Å². The van der Waals surface area contributed by atoms with Crippen LogP contribution in [0.25, 0.3) is 31.7 Å². The number of hydrogen-bond donors (Lipinski definition) is 0. The summed E-state index contributed by atoms with van der Waals surface area (Å²) in [6.45, 7) is 2.16. The molecule has 0 aliphatic rings. The van der Waals surface area contributed by atoms with Crippen LogP contribution in [0.4, 0.5) is 0 Å². The summed E-state index contributed by atoms with van der Waals surface area (Å²) in [6.07, 6.45) is 1.88. The van der Waals surface area contributed by atoms with E-state index < -0.39 is 0 Å². The molecule has 0 aliphatic carbocycles. The number of fused-ring (bicyclic) bond motifs is 2. The van der Waals surface area contributed by atoms with E-state index in [-0.39, 0.29) is 0 Å². The molecule has 3 heteroatoms. The predicted octanol–water partition coefficient (Wildman–Crippen LogP) is 4.82. The summed E-state index contributed by atoms with van der Waals surface area (Å²) in [5, 5.41) is 1.31. The van der Waals surface area contributed by atoms with Gasteiger partial charge < -0.3 is 0 Å². The molecule has 2 aromatic carbocycles. The Balaban J connectivity index is 1.98. The molecule has 2 heterocycles. The monoisotopic (exact) mass is 276 g/mol. The SMILES string of the molecule is Cc1c(-c2cnc3ccccc3n2)sc2ccccc12. The van der Waals surface area contributed by atoms with Crippen molar-refractivity contribution in [3.05, 3.63) is 60.3 Å². The number of benzene rings is 2. The molecular formula is C17H12N2S. The lowest BCUT2D eigenvalue weighted by Crippen LogP contribution is -1.87. The predicted molar refractivity (Wildman–Crippen MR) is 85.1 cm³/mol. The first-order valence-corrected chi connectivity index (χ1v) is 7.35. The van der Waals surface area contributed by atoms with Gasteiger partial charge in [-0.25, -0.2) is 4.98 Å². The van der Waals surface area contributed by atoms with Gasteiger partial charge in [-0.2, -0.15) is 0 Å². The topological polar surface area (TPSA) is 25.8 Å². The Bertz CT molecular complexity index is 924. The molecule has 2 aromatic heterocycles. The smallest absolute Gasteiger partial charge is 0.0995 e. The number of thiophene rings is 1. The average molecular weight is 276 g/mol. The Hall–Kier alpha value is -2.26. The van der Waals surface area contributed by atoms with E-state index >= 15 is 0 Å². The van der Waals surface area contributed by atoms with Gasteiger partial charge in [0.25, 0.3) is 0 Å². The summed E-state index contributed by atoms with van der Waals surface area (Å²) in [4.78, 5) is 10.5. The molecule has 96 valence electrons. The van der Waals surface area contributed by atoms with Crippen LogP contribution in [0.15, 0.2) is 54.7 Å². The molecule has 0 saturated heterocycles. The van der Waals surface area contributed by atoms with Crippen molar-refractivity contribution in [1.82, 2.24) is 9.97 Å². The minimum absolute atomic E-state index is 0.940. The van der Waals surface area contributed by atoms with Gasteiger partial charge in [0.1, 0.15) is 0 Å². The van der Waals surface area contributed by atoms with Crippen LogP contribution >= 0.6 is 11.3 Å². The highest BCUT2D eigenvalue weighted by molar-refractivity contribution is 7.22. The molecule has 20 heavy (non-hydrogen) atoms. The number of aromatic nitrogens is 2. The van der Waals surface area contributed by atoms with Crippen molar-refractivity contribution in [2.24, 2.45) is 0 Å². The summed E-state index contributed by atoms with van der Waals surface area (Å²) >= 11 is 1.78. The second-order valence-electron chi connectivity index (χ2n) is 4.80. The van der Waals surface area contributed by atoms with Gasteiger partial charge >= 0.3 is 0 Å². The lowest BCUT2D eigenvalue weighted by atomic mass is 10.1. The zero-order chi connectivity index (χ0) is 13.5. The van der Waals surface area contributed by atoms with Crippen LogP contribution in [0.1, 0.15) is 5.56 Å². The molecule has 0 unspecified atom stereocenters. The van der Waals surface area contributed by atoms with Crippen LogP contribution in [-0.2, 0) is 0 Å². The summed E-state index contributed by atoms with van der Waals surface area (Å²) in [7, 11) is 0. The molecule has 0 aliphatic heterocycles. The van der Waals surface area contributed by atoms with E-state index in [1.54, 1.807) is 11.3 Å². The molecule has 2 nitrogen and oxygen atoms in total. The first kappa shape index (κ1) is 11.6. The van der Waals surface area contributed by atoms with Crippen molar-refractivity contribution in [2.45, 2.75) is 6.92 Å². The van der Waals surface area contributed by atoms with Crippen molar-refractivity contribution in [1.29, 1.82) is 0 Å². The highest BCUT2D eigenvalue weighted by Crippen LogP contribution is 2.37. The van der Waals surface area contributed by atoms with Crippen LogP contribution < -0.4 is 0 Å². The maximum atomic E-state index is 4.75. The molecule has 0 spiro atoms. The zero-order valence-corrected chi connectivity index (χ0v) is 11.8. The van der Waals surface area contributed by atoms with Gasteiger partial charge in [0.15, 0.2) is 0 Å². The largest absolute Gasteiger partial charge is 0.252 e. The van der Waals surface area contributed by atoms with Crippen molar-refractivity contribution in [2.75, 3.05) is 0 Å². The second kappa shape index (κ2) is 4.39. The molecule has 0 radical (unpaired) electrons. The molecule has 0 saturated carbocycles. The Labute approximate surface area is 120 Å². The first-order chi connectivity index (χ1) is 9.83. The van der Waals surface area contributed by atoms with Gasteiger partial charge in [0.2, 0.25) is 0 Å². The lowest BCUT2D eigenvalue weighted by molar-refractivity contribution is 1.30. The van der Waals surface area contributed by atoms with Gasteiger partial charge in [-0.05, 0) is 36.1 Å². The van der Waals surface area contributed by atoms with E-state index in [0.29, 0.717) is 0 Å². The number of para-hydroxylation sites is 2. The van der Waals surface area contributed by atoms with Crippen LogP contribution in [0.5, 0.6) is 0 Å². The minimum atomic E-state index is 0.940. The minimum Gasteiger partial charge on any atom is -0.252 e. The van der Waals surface area contributed by atoms with Gasteiger partial charge in [-0.3, -0.25) is 4.98 Å². The highest BCUT2D eigenvalue weighted by Gasteiger charge is 2.11. The third-order valence-corrected chi connectivity index (χ3v) is 4.82. The molecule has 4 aromatic rings. The molecular weight excluding hydrogens is 264 g/mol. The number of nitrogens with zero attached hydrogens (tertiary/aromatic N) is 2. The molecule has 0 N–H and O–H groups in total. The maximum Gasteiger partial charge on any atom is 0.0995 e. The summed E-state index contributed by atoms with van der Waals surface area (Å²) in [6, 6.07) is 16.5. The van der Waals surface area contributed by atoms with E-state index in [2.05, 4.69) is 36.2 Å². The maximum absolute atomic E-state index is 4.75. The average Bonchev–Trinajstić information content (AvgIpc) is 2.84. The molecule has 0 fully saturated rings. The van der Waals surface area contributed by atoms with Crippen LogP contribution in [0.2, 0.25) is 0 Å². The first-order valence-electron chi connectivity index (χ1n) is 6.53. The second-order valence-corrected chi connectivity index (χ2v) is 5.85. The highest BCUT2D eigenvalue weighted by atomic mass is 32.1. The Morgan fingerprint density at radius 1 is 0.900 bits per heavy atom. The Kier molecular flexibility index (Phi) is 2.54. The van der Waals surface area contributed by atoms with Gasteiger partial charge in [0, 0.05) is 4.70 Å². The molecule has 0 amide bonds. The van der Waals surface area contributed by atoms with Crippen molar-refractivity contribution in [3.8, 4) is 10.6 Å². The zero-order valence-electron chi connectivity index (χ0n) is 11.0. The molecule has 4 rings (SSSR count). The van der Waals surface area contributed by atoms with E-state index in [1.807, 2.05) is 30.5 Å². The molecule has 0 atom stereocenters. The summed E-state index contributed by atoms with van der Waals surface area (Å²) < 4.78 is 1.30. The quantitative estimate of drug-likeness (QED) is 0.498. The molecule has 0 bridgehead atoms. The summed E-state index contributed by atoms with van der Waals surface area (Å²) in [5.74, 6) is 0. The van der Waals surface area contributed by atoms with E-state index in [4.69, 9.17) is 4.98 Å². The van der Waals surface area contributed by atoms with E-state index in [1.165, 1.54) is 20.5 Å². The van der Waals surface area contributed by atoms with Crippen molar-refractivity contribution < 1.29 is 0 Å². The summed E-state index contributed by atoms with van der Waals surface area (Å²) in [5.41, 5.74) is 4.13. The normalized spacial score (nSPS) is 11.2. The number of hydrogen-bond acceptors (Lipinski definition) is 3. The Morgan fingerprint density at radius 3 is 2.50 bits per heavy atom. The van der Waals surface area contributed by atoms with Crippen molar-refractivity contribution >= 4 is 32.5 Å². The number of aryl methyl sites for hydroxylation is 1. The van der Waals surface area contributed by atoms with E-state index in [0.717, 1.165) is 16.7 Å².